The van der Waals surface area contributed by atoms with E-state index in [-0.39, 0.29) is 11.9 Å². The average Bonchev–Trinajstić information content (AvgIpc) is 2.94. The van der Waals surface area contributed by atoms with E-state index in [2.05, 4.69) is 36.4 Å². The molecule has 0 aliphatic carbocycles. The number of carbonyl (C=O) groups excluding carboxylic acids is 2. The molecule has 0 saturated heterocycles. The number of hydrogen-bond donors (Lipinski definition) is 0. The third-order valence-electron chi connectivity index (χ3n) is 6.85. The van der Waals surface area contributed by atoms with E-state index < -0.39 is 5.97 Å². The van der Waals surface area contributed by atoms with Gasteiger partial charge in [-0.05, 0) is 77.2 Å². The number of rotatable bonds is 10. The minimum absolute atomic E-state index is 0.0599. The fourth-order valence-corrected chi connectivity index (χ4v) is 4.52. The van der Waals surface area contributed by atoms with Crippen LogP contribution >= 0.6 is 0 Å². The summed E-state index contributed by atoms with van der Waals surface area (Å²) in [4.78, 5) is 24.6. The molecule has 0 amide bonds. The summed E-state index contributed by atoms with van der Waals surface area (Å²) in [6.07, 6.45) is 2.29. The quantitative estimate of drug-likeness (QED) is 0.0868. The van der Waals surface area contributed by atoms with Gasteiger partial charge in [0.2, 0.25) is 0 Å². The van der Waals surface area contributed by atoms with E-state index in [1.807, 2.05) is 32.0 Å². The summed E-state index contributed by atoms with van der Waals surface area (Å²) >= 11 is 0. The van der Waals surface area contributed by atoms with Crippen molar-refractivity contribution in [3.8, 4) is 11.5 Å². The molecule has 0 N–H and O–H groups in total. The predicted molar refractivity (Wildman–Crippen MR) is 147 cm³/mol. The molecule has 0 saturated carbocycles. The number of esters is 2. The number of ether oxygens (including phenoxy) is 3. The molecule has 5 heteroatoms. The SMILES string of the molecule is CCC(C)C(=O)OCCCCOc1ccc(C(=O)Oc2ccc3ccc4cccc5ccc2c3c45)cc1. The number of benzene rings is 5. The van der Waals surface area contributed by atoms with Crippen molar-refractivity contribution >= 4 is 44.3 Å². The van der Waals surface area contributed by atoms with Gasteiger partial charge in [-0.1, -0.05) is 56.3 Å². The second kappa shape index (κ2) is 10.9. The highest BCUT2D eigenvalue weighted by atomic mass is 16.5. The van der Waals surface area contributed by atoms with Gasteiger partial charge in [-0.25, -0.2) is 4.79 Å². The molecule has 37 heavy (non-hydrogen) atoms. The number of carbonyl (C=O) groups is 2. The molecule has 1 unspecified atom stereocenters. The molecule has 0 spiro atoms. The Bertz CT molecular complexity index is 1520. The topological polar surface area (TPSA) is 61.8 Å². The maximum Gasteiger partial charge on any atom is 0.343 e. The molecule has 0 bridgehead atoms. The van der Waals surface area contributed by atoms with E-state index >= 15 is 0 Å². The summed E-state index contributed by atoms with van der Waals surface area (Å²) in [6, 6.07) is 25.4. The first kappa shape index (κ1) is 24.6. The van der Waals surface area contributed by atoms with Crippen LogP contribution in [0.5, 0.6) is 11.5 Å². The Balaban J connectivity index is 1.20. The van der Waals surface area contributed by atoms with Gasteiger partial charge in [-0.15, -0.1) is 0 Å². The lowest BCUT2D eigenvalue weighted by Gasteiger charge is -2.14. The van der Waals surface area contributed by atoms with Gasteiger partial charge in [0.05, 0.1) is 24.7 Å². The zero-order valence-corrected chi connectivity index (χ0v) is 21.2. The van der Waals surface area contributed by atoms with Crippen LogP contribution in [0, 0.1) is 5.92 Å². The van der Waals surface area contributed by atoms with Gasteiger partial charge in [0.25, 0.3) is 0 Å². The molecule has 1 atom stereocenters. The Kier molecular flexibility index (Phi) is 7.22. The lowest BCUT2D eigenvalue weighted by Crippen LogP contribution is -2.15. The van der Waals surface area contributed by atoms with Crippen molar-refractivity contribution in [2.75, 3.05) is 13.2 Å². The van der Waals surface area contributed by atoms with E-state index in [1.54, 1.807) is 24.3 Å². The summed E-state index contributed by atoms with van der Waals surface area (Å²) in [5.41, 5.74) is 0.454. The third-order valence-corrected chi connectivity index (χ3v) is 6.85. The summed E-state index contributed by atoms with van der Waals surface area (Å²) in [6.45, 7) is 4.75. The van der Waals surface area contributed by atoms with E-state index in [9.17, 15) is 9.59 Å². The molecule has 0 fully saturated rings. The van der Waals surface area contributed by atoms with Gasteiger partial charge in [-0.3, -0.25) is 4.79 Å². The predicted octanol–water partition coefficient (Wildman–Crippen LogP) is 7.55. The second-order valence-corrected chi connectivity index (χ2v) is 9.37. The van der Waals surface area contributed by atoms with E-state index in [1.165, 1.54) is 16.2 Å². The van der Waals surface area contributed by atoms with Gasteiger partial charge in [-0.2, -0.15) is 0 Å². The van der Waals surface area contributed by atoms with Crippen molar-refractivity contribution in [2.24, 2.45) is 5.92 Å². The van der Waals surface area contributed by atoms with Crippen LogP contribution in [0.25, 0.3) is 32.3 Å². The van der Waals surface area contributed by atoms with Crippen LogP contribution in [-0.2, 0) is 9.53 Å². The maximum atomic E-state index is 12.9. The average molecular weight is 495 g/mol. The van der Waals surface area contributed by atoms with Crippen molar-refractivity contribution in [2.45, 2.75) is 33.1 Å². The van der Waals surface area contributed by atoms with Gasteiger partial charge in [0.15, 0.2) is 0 Å². The van der Waals surface area contributed by atoms with Crippen molar-refractivity contribution in [3.05, 3.63) is 84.4 Å². The summed E-state index contributed by atoms with van der Waals surface area (Å²) in [5.74, 6) is 0.606. The Morgan fingerprint density at radius 1 is 0.757 bits per heavy atom. The fourth-order valence-electron chi connectivity index (χ4n) is 4.52. The molecular formula is C32H30O5. The van der Waals surface area contributed by atoms with Crippen LogP contribution in [0.4, 0.5) is 0 Å². The zero-order chi connectivity index (χ0) is 25.8. The minimum Gasteiger partial charge on any atom is -0.494 e. The first-order valence-corrected chi connectivity index (χ1v) is 12.8. The van der Waals surface area contributed by atoms with Gasteiger partial charge < -0.3 is 14.2 Å². The van der Waals surface area contributed by atoms with Crippen molar-refractivity contribution in [1.82, 2.24) is 0 Å². The summed E-state index contributed by atoms with van der Waals surface area (Å²) < 4.78 is 16.9. The Labute approximate surface area is 216 Å². The molecule has 0 aliphatic heterocycles. The third kappa shape index (κ3) is 5.21. The largest absolute Gasteiger partial charge is 0.494 e. The van der Waals surface area contributed by atoms with Gasteiger partial charge in [0, 0.05) is 10.8 Å². The van der Waals surface area contributed by atoms with Gasteiger partial charge in [0.1, 0.15) is 11.5 Å². The van der Waals surface area contributed by atoms with E-state index in [0.29, 0.717) is 30.3 Å². The van der Waals surface area contributed by atoms with Crippen LogP contribution in [0.2, 0.25) is 0 Å². The minimum atomic E-state index is -0.412. The van der Waals surface area contributed by atoms with Crippen LogP contribution in [-0.4, -0.2) is 25.2 Å². The molecule has 188 valence electrons. The smallest absolute Gasteiger partial charge is 0.343 e. The normalized spacial score (nSPS) is 12.2. The maximum absolute atomic E-state index is 12.9. The molecule has 0 heterocycles. The Morgan fingerprint density at radius 2 is 1.41 bits per heavy atom. The molecule has 5 rings (SSSR count). The first-order valence-electron chi connectivity index (χ1n) is 12.8. The molecule has 5 aromatic rings. The van der Waals surface area contributed by atoms with Crippen LogP contribution in [0.1, 0.15) is 43.5 Å². The first-order chi connectivity index (χ1) is 18.0. The molecule has 0 aliphatic rings. The molecular weight excluding hydrogens is 464 g/mol. The fraction of sp³-hybridized carbons (Fsp3) is 0.250. The Morgan fingerprint density at radius 3 is 2.14 bits per heavy atom. The summed E-state index contributed by atoms with van der Waals surface area (Å²) in [7, 11) is 0. The lowest BCUT2D eigenvalue weighted by molar-refractivity contribution is -0.148. The highest BCUT2D eigenvalue weighted by Crippen LogP contribution is 2.38. The van der Waals surface area contributed by atoms with E-state index in [4.69, 9.17) is 14.2 Å². The van der Waals surface area contributed by atoms with Crippen molar-refractivity contribution < 1.29 is 23.8 Å². The highest BCUT2D eigenvalue weighted by Gasteiger charge is 2.15. The van der Waals surface area contributed by atoms with Crippen molar-refractivity contribution in [1.29, 1.82) is 0 Å². The van der Waals surface area contributed by atoms with Crippen molar-refractivity contribution in [3.63, 3.8) is 0 Å². The second-order valence-electron chi connectivity index (χ2n) is 9.37. The molecule has 0 aromatic heterocycles. The molecule has 5 nitrogen and oxygen atoms in total. The van der Waals surface area contributed by atoms with Crippen LogP contribution in [0.15, 0.2) is 78.9 Å². The van der Waals surface area contributed by atoms with E-state index in [0.717, 1.165) is 35.4 Å². The standard InChI is InChI=1S/C32H30O5/c1-3-21(2)31(33)36-20-5-4-19-35-26-15-11-25(12-16-26)32(34)37-28-18-14-24-10-9-22-7-6-8-23-13-17-27(28)30(24)29(22)23/h6-18,21H,3-5,19-20H2,1-2H3. The Hall–Kier alpha value is -4.12. The summed E-state index contributed by atoms with van der Waals surface area (Å²) in [5, 5.41) is 6.67. The molecule has 5 aromatic carbocycles. The van der Waals surface area contributed by atoms with Crippen LogP contribution < -0.4 is 9.47 Å². The van der Waals surface area contributed by atoms with Crippen LogP contribution in [0.3, 0.4) is 0 Å². The molecule has 0 radical (unpaired) electrons. The zero-order valence-electron chi connectivity index (χ0n) is 21.2. The lowest BCUT2D eigenvalue weighted by atomic mass is 9.94. The number of unbranched alkanes of at least 4 members (excludes halogenated alkanes) is 1. The number of hydrogen-bond acceptors (Lipinski definition) is 5. The highest BCUT2D eigenvalue weighted by molar-refractivity contribution is 6.24. The monoisotopic (exact) mass is 494 g/mol. The van der Waals surface area contributed by atoms with Gasteiger partial charge >= 0.3 is 11.9 Å².